The number of aliphatic hydroxyl groups is 1. The number of nitrogens with zero attached hydrogens (tertiary/aromatic N) is 1. The predicted octanol–water partition coefficient (Wildman–Crippen LogP) is 5.33. The first-order valence-corrected chi connectivity index (χ1v) is 17.1. The molecule has 2 aromatic carbocycles. The summed E-state index contributed by atoms with van der Waals surface area (Å²) in [6.45, 7) is 5.95. The van der Waals surface area contributed by atoms with Gasteiger partial charge in [-0.2, -0.15) is 0 Å². The first-order valence-electron chi connectivity index (χ1n) is 15.1. The highest BCUT2D eigenvalue weighted by Gasteiger charge is 2.44. The van der Waals surface area contributed by atoms with Gasteiger partial charge in [-0.1, -0.05) is 31.5 Å². The number of anilines is 1. The maximum Gasteiger partial charge on any atom is 0.264 e. The van der Waals surface area contributed by atoms with Crippen LogP contribution in [-0.4, -0.2) is 51.0 Å². The Hall–Kier alpha value is -2.29. The lowest BCUT2D eigenvalue weighted by Crippen LogP contribution is -2.49. The smallest absolute Gasteiger partial charge is 0.264 e. The molecule has 41 heavy (non-hydrogen) atoms. The molecule has 2 aliphatic heterocycles. The van der Waals surface area contributed by atoms with Gasteiger partial charge in [0.25, 0.3) is 5.91 Å². The van der Waals surface area contributed by atoms with Gasteiger partial charge < -0.3 is 14.7 Å². The van der Waals surface area contributed by atoms with Gasteiger partial charge in [-0.25, -0.2) is 13.1 Å². The molecular formula is C32H41ClN2O5S. The van der Waals surface area contributed by atoms with Gasteiger partial charge in [-0.3, -0.25) is 4.79 Å². The molecule has 6 atom stereocenters. The molecule has 0 radical (unpaired) electrons. The summed E-state index contributed by atoms with van der Waals surface area (Å²) in [5, 5.41) is 12.0. The lowest BCUT2D eigenvalue weighted by atomic mass is 9.67. The van der Waals surface area contributed by atoms with E-state index in [9.17, 15) is 18.3 Å². The average Bonchev–Trinajstić information content (AvgIpc) is 3.02. The molecule has 1 saturated carbocycles. The molecule has 9 heteroatoms. The van der Waals surface area contributed by atoms with Crippen LogP contribution < -0.4 is 14.4 Å². The predicted molar refractivity (Wildman–Crippen MR) is 161 cm³/mol. The third-order valence-electron chi connectivity index (χ3n) is 9.93. The molecule has 0 aromatic heterocycles. The van der Waals surface area contributed by atoms with E-state index in [-0.39, 0.29) is 28.9 Å². The highest BCUT2D eigenvalue weighted by molar-refractivity contribution is 7.90. The molecule has 222 valence electrons. The fourth-order valence-electron chi connectivity index (χ4n) is 7.92. The van der Waals surface area contributed by atoms with Crippen molar-refractivity contribution < 1.29 is 23.1 Å². The number of aryl methyl sites for hydroxylation is 1. The number of hydrogen-bond acceptors (Lipinski definition) is 6. The van der Waals surface area contributed by atoms with Crippen LogP contribution in [0.5, 0.6) is 5.75 Å². The normalized spacial score (nSPS) is 33.4. The Bertz CT molecular complexity index is 1430. The van der Waals surface area contributed by atoms with Crippen molar-refractivity contribution in [1.29, 1.82) is 0 Å². The molecule has 0 saturated heterocycles. The molecule has 1 fully saturated rings. The number of carbonyl (C=O) groups excluding carboxylic acids is 1. The Kier molecular flexibility index (Phi) is 7.79. The van der Waals surface area contributed by atoms with Crippen molar-refractivity contribution in [3.8, 4) is 5.75 Å². The third kappa shape index (κ3) is 5.84. The summed E-state index contributed by atoms with van der Waals surface area (Å²) in [5.74, 6) is 0.536. The van der Waals surface area contributed by atoms with Crippen molar-refractivity contribution in [1.82, 2.24) is 4.72 Å². The van der Waals surface area contributed by atoms with Crippen molar-refractivity contribution in [3.05, 3.63) is 58.1 Å². The maximum atomic E-state index is 13.2. The quantitative estimate of drug-likeness (QED) is 0.425. The van der Waals surface area contributed by atoms with Gasteiger partial charge in [0.2, 0.25) is 10.0 Å². The average molecular weight is 601 g/mol. The van der Waals surface area contributed by atoms with Crippen LogP contribution in [0.1, 0.15) is 73.9 Å². The van der Waals surface area contributed by atoms with E-state index in [1.807, 2.05) is 13.0 Å². The van der Waals surface area contributed by atoms with Gasteiger partial charge >= 0.3 is 0 Å². The first kappa shape index (κ1) is 28.8. The summed E-state index contributed by atoms with van der Waals surface area (Å²) in [7, 11) is -3.82. The number of sulfonamides is 1. The SMILES string of the molecule is C[C@@H]1C[C@H](C)C[C@@H](O)[C@@H]2CC[C@H]2CN2C[C@@]3(CCCc4cc(Cl)ccc43)COc3ccc(cc32)C(=O)NS(=O)(=O)C1. The van der Waals surface area contributed by atoms with Gasteiger partial charge in [0, 0.05) is 29.1 Å². The van der Waals surface area contributed by atoms with E-state index >= 15 is 0 Å². The number of amides is 1. The largest absolute Gasteiger partial charge is 0.490 e. The van der Waals surface area contributed by atoms with Crippen LogP contribution >= 0.6 is 11.6 Å². The van der Waals surface area contributed by atoms with Crippen LogP contribution in [0.4, 0.5) is 5.69 Å². The maximum absolute atomic E-state index is 13.2. The van der Waals surface area contributed by atoms with E-state index in [1.54, 1.807) is 18.2 Å². The lowest BCUT2D eigenvalue weighted by Gasteiger charge is -2.46. The minimum atomic E-state index is -3.82. The highest BCUT2D eigenvalue weighted by atomic mass is 35.5. The van der Waals surface area contributed by atoms with E-state index in [0.717, 1.165) is 49.4 Å². The number of carbonyl (C=O) groups is 1. The summed E-state index contributed by atoms with van der Waals surface area (Å²) in [5.41, 5.74) is 3.39. The second-order valence-corrected chi connectivity index (χ2v) is 15.5. The molecule has 2 aliphatic carbocycles. The zero-order valence-corrected chi connectivity index (χ0v) is 25.5. The van der Waals surface area contributed by atoms with E-state index in [2.05, 4.69) is 28.7 Å². The summed E-state index contributed by atoms with van der Waals surface area (Å²) in [6.07, 6.45) is 5.96. The fourth-order valence-corrected chi connectivity index (χ4v) is 9.48. The number of halogens is 1. The van der Waals surface area contributed by atoms with Crippen LogP contribution in [0.3, 0.4) is 0 Å². The van der Waals surface area contributed by atoms with Crippen LogP contribution in [0.25, 0.3) is 0 Å². The molecule has 4 aliphatic rings. The lowest BCUT2D eigenvalue weighted by molar-refractivity contribution is 0.000591. The molecule has 0 unspecified atom stereocenters. The molecule has 1 spiro atoms. The molecule has 2 N–H and O–H groups in total. The Balaban J connectivity index is 1.41. The first-order chi connectivity index (χ1) is 19.5. The molecule has 2 heterocycles. The van der Waals surface area contributed by atoms with Crippen LogP contribution in [-0.2, 0) is 21.9 Å². The van der Waals surface area contributed by atoms with E-state index < -0.39 is 22.0 Å². The van der Waals surface area contributed by atoms with Crippen LogP contribution in [0.2, 0.25) is 5.02 Å². The van der Waals surface area contributed by atoms with E-state index in [4.69, 9.17) is 16.3 Å². The Labute approximate surface area is 248 Å². The molecule has 6 rings (SSSR count). The number of rotatable bonds is 0. The van der Waals surface area contributed by atoms with Crippen LogP contribution in [0.15, 0.2) is 36.4 Å². The Morgan fingerprint density at radius 1 is 1.10 bits per heavy atom. The third-order valence-corrected chi connectivity index (χ3v) is 11.7. The van der Waals surface area contributed by atoms with Crippen molar-refractivity contribution in [3.63, 3.8) is 0 Å². The van der Waals surface area contributed by atoms with E-state index in [0.29, 0.717) is 43.2 Å². The van der Waals surface area contributed by atoms with Crippen molar-refractivity contribution in [2.75, 3.05) is 30.3 Å². The highest BCUT2D eigenvalue weighted by Crippen LogP contribution is 2.47. The topological polar surface area (TPSA) is 95.9 Å². The number of fused-ring (bicyclic) bond motifs is 4. The summed E-state index contributed by atoms with van der Waals surface area (Å²) in [4.78, 5) is 15.6. The van der Waals surface area contributed by atoms with Crippen LogP contribution in [0, 0.1) is 23.7 Å². The van der Waals surface area contributed by atoms with Crippen molar-refractivity contribution in [2.45, 2.75) is 70.3 Å². The zero-order chi connectivity index (χ0) is 28.9. The van der Waals surface area contributed by atoms with Gasteiger partial charge in [0.15, 0.2) is 0 Å². The summed E-state index contributed by atoms with van der Waals surface area (Å²) in [6, 6.07) is 11.4. The van der Waals surface area contributed by atoms with Gasteiger partial charge in [0.1, 0.15) is 5.75 Å². The molecular weight excluding hydrogens is 560 g/mol. The minimum absolute atomic E-state index is 0.128. The van der Waals surface area contributed by atoms with Gasteiger partial charge in [0.05, 0.1) is 24.2 Å². The second kappa shape index (κ2) is 11.1. The van der Waals surface area contributed by atoms with Crippen molar-refractivity contribution in [2.24, 2.45) is 23.7 Å². The number of ether oxygens (including phenoxy) is 1. The molecule has 2 bridgehead atoms. The molecule has 1 amide bonds. The summed E-state index contributed by atoms with van der Waals surface area (Å²) < 4.78 is 34.7. The van der Waals surface area contributed by atoms with Gasteiger partial charge in [-0.15, -0.1) is 0 Å². The standard InChI is InChI=1S/C32H41ClN2O5S/c1-20-12-21(2)17-41(38,39)34-31(37)23-6-10-30-28(15-23)35(16-24-5-8-26(24)29(36)13-20)18-32(19-40-30)11-3-4-22-14-25(33)7-9-27(22)32/h6-7,9-10,14-15,20-21,24,26,29,36H,3-5,8,11-13,16-19H2,1-2H3,(H,34,37)/t20-,21+,24-,26+,29+,32-/m0/s1. The zero-order valence-electron chi connectivity index (χ0n) is 23.9. The summed E-state index contributed by atoms with van der Waals surface area (Å²) >= 11 is 6.38. The fraction of sp³-hybridized carbons (Fsp3) is 0.594. The second-order valence-electron chi connectivity index (χ2n) is 13.3. The van der Waals surface area contributed by atoms with Gasteiger partial charge in [-0.05, 0) is 110 Å². The number of benzene rings is 2. The van der Waals surface area contributed by atoms with E-state index in [1.165, 1.54) is 11.1 Å². The Morgan fingerprint density at radius 2 is 1.93 bits per heavy atom. The number of aliphatic hydroxyl groups excluding tert-OH is 1. The number of nitrogens with one attached hydrogen (secondary N) is 1. The van der Waals surface area contributed by atoms with Crippen molar-refractivity contribution >= 4 is 33.2 Å². The minimum Gasteiger partial charge on any atom is -0.490 e. The molecule has 7 nitrogen and oxygen atoms in total. The number of hydrogen-bond donors (Lipinski definition) is 2. The monoisotopic (exact) mass is 600 g/mol. The molecule has 2 aromatic rings. The Morgan fingerprint density at radius 3 is 2.71 bits per heavy atom.